The smallest absolute Gasteiger partial charge is 0.383 e. The summed E-state index contributed by atoms with van der Waals surface area (Å²) in [7, 11) is 0. The molecule has 0 bridgehead atoms. The predicted octanol–water partition coefficient (Wildman–Crippen LogP) is 5.79. The summed E-state index contributed by atoms with van der Waals surface area (Å²) in [6, 6.07) is 12.9. The molecule has 3 aromatic rings. The van der Waals surface area contributed by atoms with E-state index in [0.29, 0.717) is 12.4 Å². The fraction of sp³-hybridized carbons (Fsp3) is 0.231. The minimum absolute atomic E-state index is 0.133. The molecule has 0 unspecified atom stereocenters. The maximum Gasteiger partial charge on any atom is 0.383 e. The van der Waals surface area contributed by atoms with Gasteiger partial charge in [0, 0.05) is 6.07 Å². The summed E-state index contributed by atoms with van der Waals surface area (Å²) in [4.78, 5) is 24.6. The SMILES string of the molecule is CC(C)=CCC/C(C)=C/COc1ccc2c(O)c(OC(=O)c3ccccc3)c(=O)oc2c1. The fourth-order valence-corrected chi connectivity index (χ4v) is 3.02. The van der Waals surface area contributed by atoms with Gasteiger partial charge >= 0.3 is 11.6 Å². The van der Waals surface area contributed by atoms with E-state index in [1.807, 2.05) is 6.08 Å². The quantitative estimate of drug-likeness (QED) is 0.274. The minimum Gasteiger partial charge on any atom is -0.504 e. The van der Waals surface area contributed by atoms with Crippen molar-refractivity contribution in [2.75, 3.05) is 6.61 Å². The number of hydrogen-bond donors (Lipinski definition) is 1. The van der Waals surface area contributed by atoms with Crippen molar-refractivity contribution in [2.24, 2.45) is 0 Å². The number of allylic oxidation sites excluding steroid dienone is 3. The standard InChI is InChI=1S/C26H26O6/c1-17(2)8-7-9-18(3)14-15-30-20-12-13-21-22(16-20)31-26(29)24(23(21)27)32-25(28)19-10-5-4-6-11-19/h4-6,8,10-14,16,27H,7,9,15H2,1-3H3/b18-14+. The van der Waals surface area contributed by atoms with Crippen LogP contribution in [0.15, 0.2) is 81.0 Å². The average molecular weight is 434 g/mol. The van der Waals surface area contributed by atoms with E-state index in [1.165, 1.54) is 17.2 Å². The van der Waals surface area contributed by atoms with E-state index < -0.39 is 23.1 Å². The Morgan fingerprint density at radius 1 is 1.06 bits per heavy atom. The van der Waals surface area contributed by atoms with E-state index in [-0.39, 0.29) is 16.5 Å². The molecule has 32 heavy (non-hydrogen) atoms. The van der Waals surface area contributed by atoms with Crippen molar-refractivity contribution in [3.8, 4) is 17.2 Å². The van der Waals surface area contributed by atoms with Crippen LogP contribution in [0.1, 0.15) is 44.0 Å². The summed E-state index contributed by atoms with van der Waals surface area (Å²) in [5, 5.41) is 10.7. The first-order chi connectivity index (χ1) is 15.3. The Morgan fingerprint density at radius 2 is 1.81 bits per heavy atom. The number of fused-ring (bicyclic) bond motifs is 1. The van der Waals surface area contributed by atoms with E-state index in [1.54, 1.807) is 42.5 Å². The van der Waals surface area contributed by atoms with E-state index in [4.69, 9.17) is 13.9 Å². The van der Waals surface area contributed by atoms with Crippen molar-refractivity contribution in [3.63, 3.8) is 0 Å². The number of carbonyl (C=O) groups is 1. The van der Waals surface area contributed by atoms with Crippen molar-refractivity contribution in [1.29, 1.82) is 0 Å². The van der Waals surface area contributed by atoms with Crippen LogP contribution in [0.4, 0.5) is 0 Å². The molecule has 0 radical (unpaired) electrons. The number of hydrogen-bond acceptors (Lipinski definition) is 6. The van der Waals surface area contributed by atoms with Gasteiger partial charge in [-0.2, -0.15) is 0 Å². The second-order valence-electron chi connectivity index (χ2n) is 7.66. The first-order valence-electron chi connectivity index (χ1n) is 10.3. The molecule has 3 rings (SSSR count). The topological polar surface area (TPSA) is 86.0 Å². The van der Waals surface area contributed by atoms with Crippen LogP contribution in [0, 0.1) is 0 Å². The summed E-state index contributed by atoms with van der Waals surface area (Å²) >= 11 is 0. The maximum absolute atomic E-state index is 12.3. The highest BCUT2D eigenvalue weighted by atomic mass is 16.6. The third-order valence-corrected chi connectivity index (χ3v) is 4.79. The molecule has 0 aliphatic carbocycles. The van der Waals surface area contributed by atoms with E-state index >= 15 is 0 Å². The van der Waals surface area contributed by atoms with Gasteiger partial charge in [-0.05, 0) is 64.0 Å². The lowest BCUT2D eigenvalue weighted by Gasteiger charge is -2.09. The maximum atomic E-state index is 12.3. The summed E-state index contributed by atoms with van der Waals surface area (Å²) < 4.78 is 16.1. The first kappa shape index (κ1) is 22.9. The molecule has 6 nitrogen and oxygen atoms in total. The van der Waals surface area contributed by atoms with Gasteiger partial charge in [-0.15, -0.1) is 0 Å². The van der Waals surface area contributed by atoms with Gasteiger partial charge in [-0.25, -0.2) is 9.59 Å². The molecule has 1 N–H and O–H groups in total. The van der Waals surface area contributed by atoms with Crippen LogP contribution < -0.4 is 15.1 Å². The monoisotopic (exact) mass is 434 g/mol. The summed E-state index contributed by atoms with van der Waals surface area (Å²) in [6.07, 6.45) is 6.14. The second kappa shape index (κ2) is 10.5. The Morgan fingerprint density at radius 3 is 2.53 bits per heavy atom. The van der Waals surface area contributed by atoms with Crippen LogP contribution in [0.25, 0.3) is 11.0 Å². The first-order valence-corrected chi connectivity index (χ1v) is 10.3. The number of rotatable bonds is 8. The molecule has 0 amide bonds. The number of aromatic hydroxyl groups is 1. The van der Waals surface area contributed by atoms with Crippen molar-refractivity contribution in [1.82, 2.24) is 0 Å². The molecule has 0 aliphatic heterocycles. The summed E-state index contributed by atoms with van der Waals surface area (Å²) in [6.45, 7) is 6.58. The molecule has 0 atom stereocenters. The zero-order chi connectivity index (χ0) is 23.1. The average Bonchev–Trinajstić information content (AvgIpc) is 2.76. The Kier molecular flexibility index (Phi) is 7.49. The highest BCUT2D eigenvalue weighted by Crippen LogP contribution is 2.33. The molecule has 0 spiro atoms. The Bertz CT molecular complexity index is 1210. The lowest BCUT2D eigenvalue weighted by atomic mass is 10.1. The largest absolute Gasteiger partial charge is 0.504 e. The van der Waals surface area contributed by atoms with Crippen molar-refractivity contribution >= 4 is 16.9 Å². The van der Waals surface area contributed by atoms with E-state index in [9.17, 15) is 14.7 Å². The van der Waals surface area contributed by atoms with Gasteiger partial charge in [0.25, 0.3) is 5.75 Å². The number of esters is 1. The lowest BCUT2D eigenvalue weighted by Crippen LogP contribution is -2.14. The van der Waals surface area contributed by atoms with Crippen LogP contribution in [0.2, 0.25) is 0 Å². The highest BCUT2D eigenvalue weighted by Gasteiger charge is 2.20. The molecule has 6 heteroatoms. The van der Waals surface area contributed by atoms with E-state index in [0.717, 1.165) is 12.8 Å². The summed E-state index contributed by atoms with van der Waals surface area (Å²) in [5.74, 6) is -1.28. The lowest BCUT2D eigenvalue weighted by molar-refractivity contribution is 0.0723. The zero-order valence-electron chi connectivity index (χ0n) is 18.4. The molecule has 0 saturated carbocycles. The highest BCUT2D eigenvalue weighted by molar-refractivity contribution is 5.93. The van der Waals surface area contributed by atoms with Crippen molar-refractivity contribution < 1.29 is 23.8 Å². The fourth-order valence-electron chi connectivity index (χ4n) is 3.02. The third-order valence-electron chi connectivity index (χ3n) is 4.79. The van der Waals surface area contributed by atoms with Crippen LogP contribution >= 0.6 is 0 Å². The number of benzene rings is 2. The Labute approximate surface area is 186 Å². The molecule has 0 fully saturated rings. The van der Waals surface area contributed by atoms with Gasteiger partial charge in [-0.3, -0.25) is 0 Å². The van der Waals surface area contributed by atoms with Gasteiger partial charge in [-0.1, -0.05) is 35.4 Å². The van der Waals surface area contributed by atoms with Gasteiger partial charge in [0.05, 0.1) is 10.9 Å². The summed E-state index contributed by atoms with van der Waals surface area (Å²) in [5.41, 5.74) is 1.95. The third kappa shape index (κ3) is 5.88. The van der Waals surface area contributed by atoms with Crippen LogP contribution in [-0.4, -0.2) is 17.7 Å². The second-order valence-corrected chi connectivity index (χ2v) is 7.66. The Balaban J connectivity index is 1.73. The zero-order valence-corrected chi connectivity index (χ0v) is 18.4. The van der Waals surface area contributed by atoms with Crippen molar-refractivity contribution in [3.05, 3.63) is 87.8 Å². The number of carbonyl (C=O) groups excluding carboxylic acids is 1. The molecule has 166 valence electrons. The molecular formula is C26H26O6. The predicted molar refractivity (Wildman–Crippen MR) is 123 cm³/mol. The van der Waals surface area contributed by atoms with E-state index in [2.05, 4.69) is 26.8 Å². The number of ether oxygens (including phenoxy) is 2. The van der Waals surface area contributed by atoms with Crippen LogP contribution in [0.5, 0.6) is 17.2 Å². The molecule has 1 heterocycles. The minimum atomic E-state index is -0.952. The van der Waals surface area contributed by atoms with Gasteiger partial charge < -0.3 is 19.0 Å². The van der Waals surface area contributed by atoms with Gasteiger partial charge in [0.1, 0.15) is 17.9 Å². The Hall–Kier alpha value is -3.80. The molecule has 1 aromatic heterocycles. The molecule has 0 aliphatic rings. The van der Waals surface area contributed by atoms with Crippen LogP contribution in [-0.2, 0) is 0 Å². The van der Waals surface area contributed by atoms with Gasteiger partial charge in [0.2, 0.25) is 0 Å². The normalized spacial score (nSPS) is 11.3. The van der Waals surface area contributed by atoms with Crippen molar-refractivity contribution in [2.45, 2.75) is 33.6 Å². The molecule has 0 saturated heterocycles. The van der Waals surface area contributed by atoms with Crippen LogP contribution in [0.3, 0.4) is 0 Å². The molecular weight excluding hydrogens is 408 g/mol. The molecule has 2 aromatic carbocycles. The van der Waals surface area contributed by atoms with Gasteiger partial charge in [0.15, 0.2) is 5.75 Å².